The van der Waals surface area contributed by atoms with Crippen molar-refractivity contribution in [1.82, 2.24) is 5.32 Å². The van der Waals surface area contributed by atoms with Crippen molar-refractivity contribution in [2.45, 2.75) is 51.5 Å². The van der Waals surface area contributed by atoms with Crippen LogP contribution in [0.25, 0.3) is 0 Å². The molecule has 2 rings (SSSR count). The largest absolute Gasteiger partial charge is 0.309 e. The smallest absolute Gasteiger partial charge is 0.0463 e. The standard InChI is InChI=1S/C15H22BrNS/c1-2-9-17-14(15-13(16)8-10-18-15)11-12-6-4-3-5-7-12/h6,8,10,14,17H,2-5,7,9,11H2,1H3. The lowest BCUT2D eigenvalue weighted by atomic mass is 9.94. The van der Waals surface area contributed by atoms with Gasteiger partial charge in [-0.1, -0.05) is 18.6 Å². The number of hydrogen-bond donors (Lipinski definition) is 1. The van der Waals surface area contributed by atoms with Crippen LogP contribution in [0, 0.1) is 0 Å². The molecule has 1 aliphatic rings. The van der Waals surface area contributed by atoms with Gasteiger partial charge < -0.3 is 5.32 Å². The van der Waals surface area contributed by atoms with Gasteiger partial charge in [-0.05, 0) is 72.4 Å². The Hall–Kier alpha value is -0.120. The summed E-state index contributed by atoms with van der Waals surface area (Å²) in [6.07, 6.45) is 10.2. The molecule has 0 bridgehead atoms. The highest BCUT2D eigenvalue weighted by Gasteiger charge is 2.17. The zero-order valence-electron chi connectivity index (χ0n) is 11.0. The lowest BCUT2D eigenvalue weighted by molar-refractivity contribution is 0.517. The van der Waals surface area contributed by atoms with Crippen LogP contribution in [0.2, 0.25) is 0 Å². The van der Waals surface area contributed by atoms with Crippen LogP contribution in [-0.4, -0.2) is 6.54 Å². The molecule has 1 nitrogen and oxygen atoms in total. The van der Waals surface area contributed by atoms with E-state index in [1.165, 1.54) is 47.9 Å². The van der Waals surface area contributed by atoms with Crippen LogP contribution >= 0.6 is 27.3 Å². The molecule has 0 saturated carbocycles. The summed E-state index contributed by atoms with van der Waals surface area (Å²) in [6.45, 7) is 3.33. The van der Waals surface area contributed by atoms with E-state index < -0.39 is 0 Å². The molecule has 1 heterocycles. The Morgan fingerprint density at radius 2 is 2.33 bits per heavy atom. The summed E-state index contributed by atoms with van der Waals surface area (Å²) in [5.74, 6) is 0. The van der Waals surface area contributed by atoms with Gasteiger partial charge in [-0.2, -0.15) is 0 Å². The number of allylic oxidation sites excluding steroid dienone is 1. The molecule has 1 unspecified atom stereocenters. The van der Waals surface area contributed by atoms with Gasteiger partial charge in [0.05, 0.1) is 0 Å². The Kier molecular flexibility index (Phi) is 5.93. The summed E-state index contributed by atoms with van der Waals surface area (Å²) in [4.78, 5) is 1.45. The van der Waals surface area contributed by atoms with Crippen LogP contribution in [0.3, 0.4) is 0 Å². The zero-order valence-corrected chi connectivity index (χ0v) is 13.4. The minimum absolute atomic E-state index is 0.490. The monoisotopic (exact) mass is 327 g/mol. The van der Waals surface area contributed by atoms with Crippen LogP contribution < -0.4 is 5.32 Å². The van der Waals surface area contributed by atoms with Crippen LogP contribution in [0.5, 0.6) is 0 Å². The van der Waals surface area contributed by atoms with Crippen molar-refractivity contribution >= 4 is 27.3 Å². The molecule has 3 heteroatoms. The van der Waals surface area contributed by atoms with Crippen LogP contribution in [0.1, 0.15) is 56.4 Å². The third kappa shape index (κ3) is 3.94. The highest BCUT2D eigenvalue weighted by molar-refractivity contribution is 9.10. The molecule has 18 heavy (non-hydrogen) atoms. The van der Waals surface area contributed by atoms with Crippen molar-refractivity contribution in [3.05, 3.63) is 32.4 Å². The molecule has 0 aromatic carbocycles. The Balaban J connectivity index is 2.05. The van der Waals surface area contributed by atoms with Crippen molar-refractivity contribution in [3.63, 3.8) is 0 Å². The molecule has 0 radical (unpaired) electrons. The second-order valence-electron chi connectivity index (χ2n) is 4.95. The average molecular weight is 328 g/mol. The summed E-state index contributed by atoms with van der Waals surface area (Å²) in [7, 11) is 0. The second-order valence-corrected chi connectivity index (χ2v) is 6.75. The molecule has 1 aromatic rings. The molecule has 1 aromatic heterocycles. The fraction of sp³-hybridized carbons (Fsp3) is 0.600. The zero-order chi connectivity index (χ0) is 12.8. The molecule has 1 N–H and O–H groups in total. The lowest BCUT2D eigenvalue weighted by Gasteiger charge is -2.21. The molecular weight excluding hydrogens is 306 g/mol. The summed E-state index contributed by atoms with van der Waals surface area (Å²) < 4.78 is 1.26. The van der Waals surface area contributed by atoms with E-state index >= 15 is 0 Å². The van der Waals surface area contributed by atoms with E-state index in [9.17, 15) is 0 Å². The van der Waals surface area contributed by atoms with E-state index in [-0.39, 0.29) is 0 Å². The molecule has 0 fully saturated rings. The van der Waals surface area contributed by atoms with E-state index in [1.54, 1.807) is 5.57 Å². The van der Waals surface area contributed by atoms with Gasteiger partial charge in [-0.25, -0.2) is 0 Å². The molecular formula is C15H22BrNS. The first kappa shape index (κ1) is 14.3. The van der Waals surface area contributed by atoms with Crippen molar-refractivity contribution in [2.24, 2.45) is 0 Å². The van der Waals surface area contributed by atoms with Crippen LogP contribution in [0.4, 0.5) is 0 Å². The first-order chi connectivity index (χ1) is 8.81. The summed E-state index contributed by atoms with van der Waals surface area (Å²) in [5, 5.41) is 5.88. The summed E-state index contributed by atoms with van der Waals surface area (Å²) in [5.41, 5.74) is 1.65. The number of rotatable bonds is 6. The lowest BCUT2D eigenvalue weighted by Crippen LogP contribution is -2.22. The van der Waals surface area contributed by atoms with E-state index in [0.29, 0.717) is 6.04 Å². The number of nitrogens with one attached hydrogen (secondary N) is 1. The fourth-order valence-electron chi connectivity index (χ4n) is 2.48. The van der Waals surface area contributed by atoms with Gasteiger partial charge in [-0.15, -0.1) is 11.3 Å². The number of hydrogen-bond acceptors (Lipinski definition) is 2. The molecule has 0 aliphatic heterocycles. The molecule has 1 atom stereocenters. The van der Waals surface area contributed by atoms with E-state index in [0.717, 1.165) is 6.54 Å². The van der Waals surface area contributed by atoms with Gasteiger partial charge in [0.15, 0.2) is 0 Å². The predicted octanol–water partition coefficient (Wildman–Crippen LogP) is 5.44. The van der Waals surface area contributed by atoms with Gasteiger partial charge in [-0.3, -0.25) is 0 Å². The van der Waals surface area contributed by atoms with Crippen LogP contribution in [-0.2, 0) is 0 Å². The fourth-order valence-corrected chi connectivity index (χ4v) is 4.21. The van der Waals surface area contributed by atoms with E-state index in [1.807, 2.05) is 11.3 Å². The predicted molar refractivity (Wildman–Crippen MR) is 84.2 cm³/mol. The Bertz CT molecular complexity index is 397. The third-order valence-corrected chi connectivity index (χ3v) is 5.44. The van der Waals surface area contributed by atoms with E-state index in [2.05, 4.69) is 45.7 Å². The Morgan fingerprint density at radius 1 is 1.44 bits per heavy atom. The van der Waals surface area contributed by atoms with Gasteiger partial charge >= 0.3 is 0 Å². The van der Waals surface area contributed by atoms with Crippen LogP contribution in [0.15, 0.2) is 27.6 Å². The minimum atomic E-state index is 0.490. The maximum atomic E-state index is 3.70. The number of thiophene rings is 1. The Morgan fingerprint density at radius 3 is 2.94 bits per heavy atom. The van der Waals surface area contributed by atoms with Crippen molar-refractivity contribution in [2.75, 3.05) is 6.54 Å². The van der Waals surface area contributed by atoms with Crippen molar-refractivity contribution in [1.29, 1.82) is 0 Å². The van der Waals surface area contributed by atoms with E-state index in [4.69, 9.17) is 0 Å². The summed E-state index contributed by atoms with van der Waals surface area (Å²) in [6, 6.07) is 2.65. The second kappa shape index (κ2) is 7.46. The third-order valence-electron chi connectivity index (χ3n) is 3.45. The first-order valence-corrected chi connectivity index (χ1v) is 8.62. The molecule has 0 saturated heterocycles. The first-order valence-electron chi connectivity index (χ1n) is 6.95. The molecule has 0 spiro atoms. The maximum absolute atomic E-state index is 3.70. The molecule has 0 amide bonds. The van der Waals surface area contributed by atoms with Crippen molar-refractivity contribution in [3.8, 4) is 0 Å². The van der Waals surface area contributed by atoms with Gasteiger partial charge in [0, 0.05) is 15.4 Å². The highest BCUT2D eigenvalue weighted by Crippen LogP contribution is 2.34. The Labute approximate surface area is 123 Å². The minimum Gasteiger partial charge on any atom is -0.309 e. The summed E-state index contributed by atoms with van der Waals surface area (Å²) >= 11 is 5.53. The van der Waals surface area contributed by atoms with Crippen molar-refractivity contribution < 1.29 is 0 Å². The highest BCUT2D eigenvalue weighted by atomic mass is 79.9. The van der Waals surface area contributed by atoms with Gasteiger partial charge in [0.1, 0.15) is 0 Å². The SMILES string of the molecule is CCCNC(CC1=CCCCC1)c1sccc1Br. The quantitative estimate of drug-likeness (QED) is 0.686. The van der Waals surface area contributed by atoms with Gasteiger partial charge in [0.2, 0.25) is 0 Å². The van der Waals surface area contributed by atoms with Gasteiger partial charge in [0.25, 0.3) is 0 Å². The number of halogens is 1. The average Bonchev–Trinajstić information content (AvgIpc) is 2.82. The topological polar surface area (TPSA) is 12.0 Å². The molecule has 1 aliphatic carbocycles. The normalized spacial score (nSPS) is 17.6. The maximum Gasteiger partial charge on any atom is 0.0463 e. The molecule has 100 valence electrons.